The van der Waals surface area contributed by atoms with Crippen LogP contribution < -0.4 is 4.74 Å². The highest BCUT2D eigenvalue weighted by atomic mass is 16.6. The largest absolute Gasteiger partial charge is 0.448 e. The molecule has 0 fully saturated rings. The molecule has 0 saturated carbocycles. The lowest BCUT2D eigenvalue weighted by molar-refractivity contribution is -0.0196. The van der Waals surface area contributed by atoms with Gasteiger partial charge in [-0.3, -0.25) is 0 Å². The van der Waals surface area contributed by atoms with Crippen LogP contribution in [0.4, 0.5) is 0 Å². The molecule has 0 aliphatic carbocycles. The van der Waals surface area contributed by atoms with Crippen LogP contribution in [-0.4, -0.2) is 28.9 Å². The lowest BCUT2D eigenvalue weighted by Gasteiger charge is -2.18. The molecule has 1 aromatic rings. The van der Waals surface area contributed by atoms with Crippen LogP contribution in [0.1, 0.15) is 26.5 Å². The van der Waals surface area contributed by atoms with Crippen LogP contribution in [0.15, 0.2) is 10.7 Å². The van der Waals surface area contributed by atoms with Gasteiger partial charge in [-0.15, -0.1) is 0 Å². The van der Waals surface area contributed by atoms with Gasteiger partial charge >= 0.3 is 6.08 Å². The van der Waals surface area contributed by atoms with Crippen molar-refractivity contribution in [2.75, 3.05) is 13.2 Å². The number of nitrogens with zero attached hydrogens (tertiary/aromatic N) is 1. The van der Waals surface area contributed by atoms with Crippen molar-refractivity contribution in [1.29, 1.82) is 0 Å². The van der Waals surface area contributed by atoms with Crippen molar-refractivity contribution in [3.8, 4) is 6.08 Å². The molecule has 0 aromatic carbocycles. The molecule has 0 bridgehead atoms. The van der Waals surface area contributed by atoms with Gasteiger partial charge < -0.3 is 19.0 Å². The Labute approximate surface area is 89.0 Å². The Morgan fingerprint density at radius 2 is 2.13 bits per heavy atom. The molecule has 0 atom stereocenters. The van der Waals surface area contributed by atoms with E-state index in [0.29, 0.717) is 18.9 Å². The van der Waals surface area contributed by atoms with E-state index in [9.17, 15) is 0 Å². The zero-order valence-electron chi connectivity index (χ0n) is 9.32. The molecule has 0 aliphatic heterocycles. The molecule has 86 valence electrons. The van der Waals surface area contributed by atoms with E-state index in [1.54, 1.807) is 0 Å². The van der Waals surface area contributed by atoms with Crippen LogP contribution in [0.25, 0.3) is 0 Å². The van der Waals surface area contributed by atoms with E-state index >= 15 is 0 Å². The predicted octanol–water partition coefficient (Wildman–Crippen LogP) is 1.36. The second kappa shape index (κ2) is 5.14. The van der Waals surface area contributed by atoms with Crippen molar-refractivity contribution in [3.63, 3.8) is 0 Å². The number of rotatable bonds is 5. The lowest BCUT2D eigenvalue weighted by atomic mass is 10.2. The fourth-order valence-electron chi connectivity index (χ4n) is 0.904. The summed E-state index contributed by atoms with van der Waals surface area (Å²) in [6.45, 7) is 6.63. The second-order valence-corrected chi connectivity index (χ2v) is 4.07. The zero-order valence-corrected chi connectivity index (χ0v) is 9.32. The van der Waals surface area contributed by atoms with Crippen molar-refractivity contribution >= 4 is 0 Å². The van der Waals surface area contributed by atoms with Gasteiger partial charge in [0.05, 0.1) is 18.8 Å². The molecule has 0 saturated heterocycles. The Bertz CT molecular complexity index is 290. The van der Waals surface area contributed by atoms with E-state index < -0.39 is 0 Å². The van der Waals surface area contributed by atoms with Crippen molar-refractivity contribution in [2.45, 2.75) is 33.0 Å². The normalized spacial score (nSPS) is 11.7. The van der Waals surface area contributed by atoms with E-state index in [1.807, 2.05) is 20.8 Å². The molecule has 5 heteroatoms. The number of oxazole rings is 1. The first-order chi connectivity index (χ1) is 7.01. The van der Waals surface area contributed by atoms with Crippen LogP contribution in [0, 0.1) is 0 Å². The number of hydrogen-bond donors (Lipinski definition) is 1. The summed E-state index contributed by atoms with van der Waals surface area (Å²) in [4.78, 5) is 3.87. The van der Waals surface area contributed by atoms with Crippen molar-refractivity contribution < 1.29 is 19.0 Å². The molecule has 15 heavy (non-hydrogen) atoms. The molecule has 0 aliphatic rings. The first-order valence-electron chi connectivity index (χ1n) is 4.83. The van der Waals surface area contributed by atoms with Gasteiger partial charge in [-0.2, -0.15) is 4.98 Å². The summed E-state index contributed by atoms with van der Waals surface area (Å²) >= 11 is 0. The first-order valence-corrected chi connectivity index (χ1v) is 4.83. The third-order valence-electron chi connectivity index (χ3n) is 1.54. The third-order valence-corrected chi connectivity index (χ3v) is 1.54. The standard InChI is InChI=1S/C10H17NO4/c1-10(2,3)15-5-4-13-9-11-8(6-12)7-14-9/h7,12H,4-6H2,1-3H3. The molecule has 0 spiro atoms. The van der Waals surface area contributed by atoms with Gasteiger partial charge in [-0.25, -0.2) is 0 Å². The fraction of sp³-hybridized carbons (Fsp3) is 0.700. The Morgan fingerprint density at radius 1 is 1.40 bits per heavy atom. The molecule has 1 N–H and O–H groups in total. The van der Waals surface area contributed by atoms with E-state index in [0.717, 1.165) is 0 Å². The number of aromatic nitrogens is 1. The molecular formula is C10H17NO4. The van der Waals surface area contributed by atoms with E-state index in [1.165, 1.54) is 6.26 Å². The van der Waals surface area contributed by atoms with Crippen LogP contribution in [0.5, 0.6) is 6.08 Å². The molecule has 1 rings (SSSR count). The summed E-state index contributed by atoms with van der Waals surface area (Å²) in [7, 11) is 0. The van der Waals surface area contributed by atoms with Gasteiger partial charge in [0.15, 0.2) is 0 Å². The summed E-state index contributed by atoms with van der Waals surface area (Å²) in [5.41, 5.74) is 0.290. The molecule has 5 nitrogen and oxygen atoms in total. The summed E-state index contributed by atoms with van der Waals surface area (Å²) in [6, 6.07) is 0. The Morgan fingerprint density at radius 3 is 2.67 bits per heavy atom. The van der Waals surface area contributed by atoms with E-state index in [2.05, 4.69) is 4.98 Å². The van der Waals surface area contributed by atoms with Gasteiger partial charge in [0.2, 0.25) is 0 Å². The fourth-order valence-corrected chi connectivity index (χ4v) is 0.904. The summed E-state index contributed by atoms with van der Waals surface area (Å²) in [5, 5.41) is 8.73. The Hall–Kier alpha value is -1.07. The Kier molecular flexibility index (Phi) is 4.11. The van der Waals surface area contributed by atoms with Crippen LogP contribution in [-0.2, 0) is 11.3 Å². The maximum atomic E-state index is 8.73. The second-order valence-electron chi connectivity index (χ2n) is 4.07. The highest BCUT2D eigenvalue weighted by Crippen LogP contribution is 2.10. The smallest absolute Gasteiger partial charge is 0.393 e. The van der Waals surface area contributed by atoms with Crippen LogP contribution in [0.3, 0.4) is 0 Å². The Balaban J connectivity index is 2.20. The highest BCUT2D eigenvalue weighted by molar-refractivity contribution is 4.97. The van der Waals surface area contributed by atoms with Crippen LogP contribution in [0.2, 0.25) is 0 Å². The van der Waals surface area contributed by atoms with Crippen LogP contribution >= 0.6 is 0 Å². The lowest BCUT2D eigenvalue weighted by Crippen LogP contribution is -2.22. The monoisotopic (exact) mass is 215 g/mol. The number of hydrogen-bond acceptors (Lipinski definition) is 5. The minimum Gasteiger partial charge on any atom is -0.448 e. The summed E-state index contributed by atoms with van der Waals surface area (Å²) in [5.74, 6) is 0. The van der Waals surface area contributed by atoms with Crippen molar-refractivity contribution in [3.05, 3.63) is 12.0 Å². The van der Waals surface area contributed by atoms with Gasteiger partial charge in [-0.1, -0.05) is 0 Å². The minimum atomic E-state index is -0.170. The van der Waals surface area contributed by atoms with Gasteiger partial charge in [0.25, 0.3) is 0 Å². The van der Waals surface area contributed by atoms with E-state index in [-0.39, 0.29) is 18.3 Å². The molecule has 1 aromatic heterocycles. The average molecular weight is 215 g/mol. The zero-order chi connectivity index (χ0) is 11.3. The topological polar surface area (TPSA) is 64.7 Å². The van der Waals surface area contributed by atoms with Crippen molar-refractivity contribution in [1.82, 2.24) is 4.98 Å². The maximum Gasteiger partial charge on any atom is 0.393 e. The van der Waals surface area contributed by atoms with Gasteiger partial charge in [-0.05, 0) is 20.8 Å². The molecule has 0 radical (unpaired) electrons. The molecule has 1 heterocycles. The highest BCUT2D eigenvalue weighted by Gasteiger charge is 2.10. The van der Waals surface area contributed by atoms with E-state index in [4.69, 9.17) is 19.0 Å². The van der Waals surface area contributed by atoms with Crippen molar-refractivity contribution in [2.24, 2.45) is 0 Å². The summed E-state index contributed by atoms with van der Waals surface area (Å²) < 4.78 is 15.5. The number of aliphatic hydroxyl groups excluding tert-OH is 1. The molecular weight excluding hydrogens is 198 g/mol. The third kappa shape index (κ3) is 4.80. The molecule has 0 amide bonds. The maximum absolute atomic E-state index is 8.73. The first kappa shape index (κ1) is 12.0. The average Bonchev–Trinajstić information content (AvgIpc) is 2.59. The SMILES string of the molecule is CC(C)(C)OCCOc1nc(CO)co1. The summed E-state index contributed by atoms with van der Waals surface area (Å²) in [6.07, 6.45) is 1.52. The predicted molar refractivity (Wildman–Crippen MR) is 53.6 cm³/mol. The number of aliphatic hydroxyl groups is 1. The molecule has 0 unspecified atom stereocenters. The van der Waals surface area contributed by atoms with Gasteiger partial charge in [0.1, 0.15) is 18.6 Å². The quantitative estimate of drug-likeness (QED) is 0.751. The number of ether oxygens (including phenoxy) is 2. The van der Waals surface area contributed by atoms with Gasteiger partial charge in [0, 0.05) is 0 Å². The minimum absolute atomic E-state index is 0.147.